The molecular formula is C11H14N2O6. The highest BCUT2D eigenvalue weighted by Crippen LogP contribution is 2.27. The molecule has 1 rings (SSSR count). The molecule has 8 nitrogen and oxygen atoms in total. The molecular weight excluding hydrogens is 256 g/mol. The van der Waals surface area contributed by atoms with Gasteiger partial charge in [0, 0.05) is 24.8 Å². The normalized spacial score (nSPS) is 10.0. The Balaban J connectivity index is 2.73. The first-order chi connectivity index (χ1) is 9.10. The molecule has 0 aliphatic rings. The maximum absolute atomic E-state index is 11.7. The lowest BCUT2D eigenvalue weighted by molar-refractivity contribution is -0.385. The van der Waals surface area contributed by atoms with Gasteiger partial charge in [0.1, 0.15) is 0 Å². The van der Waals surface area contributed by atoms with Crippen LogP contribution in [0.1, 0.15) is 10.4 Å². The van der Waals surface area contributed by atoms with Crippen molar-refractivity contribution in [3.8, 4) is 5.75 Å². The molecule has 1 aromatic carbocycles. The molecule has 19 heavy (non-hydrogen) atoms. The summed E-state index contributed by atoms with van der Waals surface area (Å²) in [6.45, 7) is 0.538. The van der Waals surface area contributed by atoms with Crippen LogP contribution < -0.4 is 10.2 Å². The van der Waals surface area contributed by atoms with Crippen LogP contribution in [0.4, 0.5) is 5.69 Å². The molecule has 0 fully saturated rings. The van der Waals surface area contributed by atoms with Gasteiger partial charge in [0.15, 0.2) is 5.75 Å². The van der Waals surface area contributed by atoms with Crippen LogP contribution in [0, 0.1) is 10.1 Å². The fourth-order valence-corrected chi connectivity index (χ4v) is 1.27. The summed E-state index contributed by atoms with van der Waals surface area (Å²) in [4.78, 5) is 26.6. The molecule has 104 valence electrons. The second-order valence-electron chi connectivity index (χ2n) is 3.42. The van der Waals surface area contributed by atoms with Gasteiger partial charge in [-0.3, -0.25) is 19.7 Å². The van der Waals surface area contributed by atoms with E-state index in [1.54, 1.807) is 0 Å². The van der Waals surface area contributed by atoms with Crippen molar-refractivity contribution in [3.05, 3.63) is 33.9 Å². The van der Waals surface area contributed by atoms with Gasteiger partial charge in [0.05, 0.1) is 25.2 Å². The van der Waals surface area contributed by atoms with Crippen molar-refractivity contribution in [3.63, 3.8) is 0 Å². The number of hydrogen-bond donors (Lipinski definition) is 1. The minimum Gasteiger partial charge on any atom is -0.490 e. The maximum Gasteiger partial charge on any atom is 0.310 e. The van der Waals surface area contributed by atoms with Crippen molar-refractivity contribution in [2.75, 3.05) is 27.4 Å². The average molecular weight is 270 g/mol. The van der Waals surface area contributed by atoms with Gasteiger partial charge in [0.2, 0.25) is 0 Å². The van der Waals surface area contributed by atoms with E-state index in [9.17, 15) is 14.9 Å². The van der Waals surface area contributed by atoms with Crippen molar-refractivity contribution >= 4 is 11.6 Å². The first kappa shape index (κ1) is 14.9. The molecule has 0 saturated carbocycles. The van der Waals surface area contributed by atoms with E-state index in [2.05, 4.69) is 5.48 Å². The van der Waals surface area contributed by atoms with Crippen molar-refractivity contribution in [2.45, 2.75) is 0 Å². The lowest BCUT2D eigenvalue weighted by atomic mass is 10.2. The molecule has 0 bridgehead atoms. The summed E-state index contributed by atoms with van der Waals surface area (Å²) in [5, 5.41) is 10.7. The predicted molar refractivity (Wildman–Crippen MR) is 64.9 cm³/mol. The average Bonchev–Trinajstić information content (AvgIpc) is 2.42. The number of amides is 1. The van der Waals surface area contributed by atoms with Crippen LogP contribution in [-0.4, -0.2) is 38.3 Å². The molecule has 1 aromatic rings. The lowest BCUT2D eigenvalue weighted by Crippen LogP contribution is -2.25. The summed E-state index contributed by atoms with van der Waals surface area (Å²) in [6, 6.07) is 3.78. The highest BCUT2D eigenvalue weighted by molar-refractivity contribution is 5.94. The maximum atomic E-state index is 11.7. The van der Waals surface area contributed by atoms with Crippen molar-refractivity contribution in [1.29, 1.82) is 0 Å². The number of nitro benzene ring substituents is 1. The Hall–Kier alpha value is -2.19. The van der Waals surface area contributed by atoms with Gasteiger partial charge in [-0.15, -0.1) is 0 Å². The largest absolute Gasteiger partial charge is 0.490 e. The summed E-state index contributed by atoms with van der Waals surface area (Å²) in [5.74, 6) is -0.515. The van der Waals surface area contributed by atoms with Crippen LogP contribution in [0.15, 0.2) is 18.2 Å². The van der Waals surface area contributed by atoms with Crippen LogP contribution in [0.3, 0.4) is 0 Å². The molecule has 0 spiro atoms. The molecule has 0 saturated heterocycles. The quantitative estimate of drug-likeness (QED) is 0.449. The third kappa shape index (κ3) is 4.19. The molecule has 1 amide bonds. The van der Waals surface area contributed by atoms with Gasteiger partial charge < -0.3 is 9.47 Å². The molecule has 8 heteroatoms. The van der Waals surface area contributed by atoms with E-state index >= 15 is 0 Å². The summed E-state index contributed by atoms with van der Waals surface area (Å²) < 4.78 is 9.59. The molecule has 0 aliphatic carbocycles. The van der Waals surface area contributed by atoms with Gasteiger partial charge >= 0.3 is 5.69 Å². The highest BCUT2D eigenvalue weighted by atomic mass is 16.7. The first-order valence-electron chi connectivity index (χ1n) is 5.33. The second-order valence-corrected chi connectivity index (χ2v) is 3.42. The number of rotatable bonds is 7. The molecule has 0 aromatic heterocycles. The van der Waals surface area contributed by atoms with Crippen molar-refractivity contribution in [1.82, 2.24) is 5.48 Å². The fourth-order valence-electron chi connectivity index (χ4n) is 1.27. The summed E-state index contributed by atoms with van der Waals surface area (Å²) >= 11 is 0. The van der Waals surface area contributed by atoms with E-state index < -0.39 is 10.8 Å². The Labute approximate surface area is 109 Å². The monoisotopic (exact) mass is 270 g/mol. The van der Waals surface area contributed by atoms with E-state index in [1.807, 2.05) is 0 Å². The van der Waals surface area contributed by atoms with Crippen LogP contribution >= 0.6 is 0 Å². The number of carbonyl (C=O) groups is 1. The lowest BCUT2D eigenvalue weighted by Gasteiger charge is -2.07. The SMILES string of the molecule is COCCONC(=O)c1ccc([N+](=O)[O-])c(OC)c1. The van der Waals surface area contributed by atoms with Gasteiger partial charge in [-0.05, 0) is 6.07 Å². The third-order valence-corrected chi connectivity index (χ3v) is 2.19. The Morgan fingerprint density at radius 1 is 1.37 bits per heavy atom. The van der Waals surface area contributed by atoms with Crippen LogP contribution in [0.25, 0.3) is 0 Å². The van der Waals surface area contributed by atoms with E-state index in [4.69, 9.17) is 14.3 Å². The Morgan fingerprint density at radius 3 is 2.68 bits per heavy atom. The van der Waals surface area contributed by atoms with Gasteiger partial charge in [-0.25, -0.2) is 5.48 Å². The standard InChI is InChI=1S/C11H14N2O6/c1-17-5-6-19-12-11(14)8-3-4-9(13(15)16)10(7-8)18-2/h3-4,7H,5-6H2,1-2H3,(H,12,14). The Kier molecular flexibility index (Phi) is 5.71. The zero-order valence-electron chi connectivity index (χ0n) is 10.5. The Morgan fingerprint density at radius 2 is 2.11 bits per heavy atom. The number of methoxy groups -OCH3 is 2. The van der Waals surface area contributed by atoms with Crippen LogP contribution in [-0.2, 0) is 9.57 Å². The summed E-state index contributed by atoms with van der Waals surface area (Å²) in [7, 11) is 2.80. The van der Waals surface area contributed by atoms with Crippen molar-refractivity contribution < 1.29 is 24.0 Å². The second kappa shape index (κ2) is 7.29. The molecule has 0 atom stereocenters. The zero-order chi connectivity index (χ0) is 14.3. The number of benzene rings is 1. The molecule has 0 aliphatic heterocycles. The third-order valence-electron chi connectivity index (χ3n) is 2.19. The van der Waals surface area contributed by atoms with Gasteiger partial charge in [0.25, 0.3) is 5.91 Å². The zero-order valence-corrected chi connectivity index (χ0v) is 10.5. The number of hydroxylamine groups is 1. The number of nitro groups is 1. The van der Waals surface area contributed by atoms with Gasteiger partial charge in [-0.2, -0.15) is 0 Å². The van der Waals surface area contributed by atoms with Crippen LogP contribution in [0.5, 0.6) is 5.75 Å². The highest BCUT2D eigenvalue weighted by Gasteiger charge is 2.17. The predicted octanol–water partition coefficient (Wildman–Crippen LogP) is 0.911. The minimum absolute atomic E-state index is 0.00883. The van der Waals surface area contributed by atoms with E-state index in [0.717, 1.165) is 0 Å². The number of ether oxygens (including phenoxy) is 2. The summed E-state index contributed by atoms with van der Waals surface area (Å²) in [5.41, 5.74) is 2.17. The van der Waals surface area contributed by atoms with Crippen LogP contribution in [0.2, 0.25) is 0 Å². The minimum atomic E-state index is -0.588. The first-order valence-corrected chi connectivity index (χ1v) is 5.33. The number of hydrogen-bond acceptors (Lipinski definition) is 6. The van der Waals surface area contributed by atoms with Gasteiger partial charge in [-0.1, -0.05) is 0 Å². The number of nitrogens with zero attached hydrogens (tertiary/aromatic N) is 1. The fraction of sp³-hybridized carbons (Fsp3) is 0.364. The van der Waals surface area contributed by atoms with Crippen molar-refractivity contribution in [2.24, 2.45) is 0 Å². The molecule has 1 N–H and O–H groups in total. The molecule has 0 heterocycles. The molecule has 0 radical (unpaired) electrons. The number of nitrogens with one attached hydrogen (secondary N) is 1. The Bertz CT molecular complexity index is 462. The smallest absolute Gasteiger partial charge is 0.310 e. The van der Waals surface area contributed by atoms with E-state index in [1.165, 1.54) is 32.4 Å². The topological polar surface area (TPSA) is 99.9 Å². The summed E-state index contributed by atoms with van der Waals surface area (Å²) in [6.07, 6.45) is 0. The molecule has 0 unspecified atom stereocenters. The van der Waals surface area contributed by atoms with E-state index in [0.29, 0.717) is 6.61 Å². The number of carbonyl (C=O) groups excluding carboxylic acids is 1. The van der Waals surface area contributed by atoms with E-state index in [-0.39, 0.29) is 23.6 Å².